The summed E-state index contributed by atoms with van der Waals surface area (Å²) in [5, 5.41) is 6.09. The number of benzene rings is 3. The van der Waals surface area contributed by atoms with E-state index in [1.165, 1.54) is 0 Å². The molecule has 1 saturated heterocycles. The van der Waals surface area contributed by atoms with E-state index in [0.29, 0.717) is 13.2 Å². The Labute approximate surface area is 221 Å². The van der Waals surface area contributed by atoms with E-state index in [-0.39, 0.29) is 5.91 Å². The molecule has 1 aromatic heterocycles. The number of anilines is 2. The smallest absolute Gasteiger partial charge is 0.238 e. The Hall–Kier alpha value is -3.88. The molecule has 7 nitrogen and oxygen atoms in total. The van der Waals surface area contributed by atoms with Crippen molar-refractivity contribution in [1.82, 2.24) is 9.88 Å². The molecule has 1 amide bonds. The number of nitrogens with zero attached hydrogens (tertiary/aromatic N) is 3. The predicted octanol–water partition coefficient (Wildman–Crippen LogP) is 5.16. The zero-order valence-electron chi connectivity index (χ0n) is 20.8. The van der Waals surface area contributed by atoms with Crippen LogP contribution in [-0.4, -0.2) is 55.6 Å². The lowest BCUT2D eigenvalue weighted by atomic mass is 10.2. The van der Waals surface area contributed by atoms with E-state index < -0.39 is 0 Å². The van der Waals surface area contributed by atoms with Gasteiger partial charge < -0.3 is 19.7 Å². The van der Waals surface area contributed by atoms with Crippen molar-refractivity contribution >= 4 is 28.1 Å². The first-order valence-corrected chi connectivity index (χ1v) is 13.2. The van der Waals surface area contributed by atoms with Gasteiger partial charge in [-0.05, 0) is 42.0 Å². The third kappa shape index (κ3) is 6.67. The second kappa shape index (κ2) is 11.9. The van der Waals surface area contributed by atoms with Crippen LogP contribution < -0.4 is 19.7 Å². The fourth-order valence-electron chi connectivity index (χ4n) is 4.20. The van der Waals surface area contributed by atoms with Crippen LogP contribution in [0.1, 0.15) is 5.56 Å². The molecule has 8 heteroatoms. The van der Waals surface area contributed by atoms with Crippen LogP contribution in [0.15, 0.2) is 84.2 Å². The summed E-state index contributed by atoms with van der Waals surface area (Å²) in [6.07, 6.45) is 0. The van der Waals surface area contributed by atoms with Gasteiger partial charge >= 0.3 is 0 Å². The van der Waals surface area contributed by atoms with Crippen molar-refractivity contribution < 1.29 is 14.3 Å². The lowest BCUT2D eigenvalue weighted by molar-refractivity contribution is -0.117. The highest BCUT2D eigenvalue weighted by Gasteiger charge is 2.21. The van der Waals surface area contributed by atoms with E-state index in [4.69, 9.17) is 14.5 Å². The number of thiazole rings is 1. The molecule has 0 aliphatic carbocycles. The summed E-state index contributed by atoms with van der Waals surface area (Å²) in [6, 6.07) is 25.5. The van der Waals surface area contributed by atoms with Crippen LogP contribution in [0, 0.1) is 0 Å². The molecule has 190 valence electrons. The minimum atomic E-state index is -0.0130. The SMILES string of the molecule is COc1cccc(-c2csc(N3CCN(CC(=O)Nc4ccc(OCc5ccccc5)cc4)CC3)n2)c1. The van der Waals surface area contributed by atoms with Gasteiger partial charge in [-0.25, -0.2) is 4.98 Å². The van der Waals surface area contributed by atoms with Crippen molar-refractivity contribution in [2.45, 2.75) is 6.61 Å². The minimum Gasteiger partial charge on any atom is -0.497 e. The van der Waals surface area contributed by atoms with E-state index in [2.05, 4.69) is 20.5 Å². The van der Waals surface area contributed by atoms with Crippen molar-refractivity contribution in [2.24, 2.45) is 0 Å². The maximum Gasteiger partial charge on any atom is 0.238 e. The molecule has 3 aromatic carbocycles. The zero-order valence-corrected chi connectivity index (χ0v) is 21.6. The first kappa shape index (κ1) is 24.8. The molecule has 2 heterocycles. The molecule has 1 aliphatic heterocycles. The number of rotatable bonds is 9. The van der Waals surface area contributed by atoms with Crippen molar-refractivity contribution in [3.8, 4) is 22.8 Å². The van der Waals surface area contributed by atoms with Crippen molar-refractivity contribution in [1.29, 1.82) is 0 Å². The van der Waals surface area contributed by atoms with E-state index >= 15 is 0 Å². The monoisotopic (exact) mass is 514 g/mol. The van der Waals surface area contributed by atoms with Gasteiger partial charge in [0.25, 0.3) is 0 Å². The van der Waals surface area contributed by atoms with Crippen LogP contribution in [0.5, 0.6) is 11.5 Å². The summed E-state index contributed by atoms with van der Waals surface area (Å²) in [6.45, 7) is 4.19. The predicted molar refractivity (Wildman–Crippen MR) is 149 cm³/mol. The number of amides is 1. The zero-order chi connectivity index (χ0) is 25.5. The molecular formula is C29H30N4O3S. The first-order chi connectivity index (χ1) is 18.2. The summed E-state index contributed by atoms with van der Waals surface area (Å²) in [5.41, 5.74) is 3.89. The summed E-state index contributed by atoms with van der Waals surface area (Å²) in [4.78, 5) is 21.9. The fourth-order valence-corrected chi connectivity index (χ4v) is 5.09. The van der Waals surface area contributed by atoms with Gasteiger partial charge in [-0.1, -0.05) is 42.5 Å². The quantitative estimate of drug-likeness (QED) is 0.333. The van der Waals surface area contributed by atoms with Crippen LogP contribution in [0.3, 0.4) is 0 Å². The van der Waals surface area contributed by atoms with Crippen LogP contribution in [0.25, 0.3) is 11.3 Å². The molecule has 0 radical (unpaired) electrons. The number of nitrogens with one attached hydrogen (secondary N) is 1. The van der Waals surface area contributed by atoms with Gasteiger partial charge in [0, 0.05) is 42.8 Å². The largest absolute Gasteiger partial charge is 0.497 e. The average molecular weight is 515 g/mol. The van der Waals surface area contributed by atoms with Crippen molar-refractivity contribution in [3.05, 3.63) is 89.8 Å². The fraction of sp³-hybridized carbons (Fsp3) is 0.241. The van der Waals surface area contributed by atoms with Gasteiger partial charge in [-0.15, -0.1) is 11.3 Å². The Morgan fingerprint density at radius 3 is 2.49 bits per heavy atom. The minimum absolute atomic E-state index is 0.0130. The van der Waals surface area contributed by atoms with E-state index in [1.807, 2.05) is 78.9 Å². The van der Waals surface area contributed by atoms with Gasteiger partial charge in [0.2, 0.25) is 5.91 Å². The molecule has 0 atom stereocenters. The summed E-state index contributed by atoms with van der Waals surface area (Å²) in [5.74, 6) is 1.59. The van der Waals surface area contributed by atoms with Crippen molar-refractivity contribution in [3.63, 3.8) is 0 Å². The number of carbonyl (C=O) groups is 1. The van der Waals surface area contributed by atoms with Gasteiger partial charge in [-0.3, -0.25) is 9.69 Å². The van der Waals surface area contributed by atoms with E-state index in [0.717, 1.165) is 65.3 Å². The second-order valence-electron chi connectivity index (χ2n) is 8.86. The Morgan fingerprint density at radius 2 is 1.73 bits per heavy atom. The van der Waals surface area contributed by atoms with Crippen LogP contribution in [0.2, 0.25) is 0 Å². The summed E-state index contributed by atoms with van der Waals surface area (Å²) in [7, 11) is 1.67. The van der Waals surface area contributed by atoms with Crippen LogP contribution in [0.4, 0.5) is 10.8 Å². The first-order valence-electron chi connectivity index (χ1n) is 12.3. The molecule has 37 heavy (non-hydrogen) atoms. The standard InChI is InChI=1S/C29H30N4O3S/c1-35-26-9-5-8-23(18-26)27-21-37-29(31-27)33-16-14-32(15-17-33)19-28(34)30-24-10-12-25(13-11-24)36-20-22-6-3-2-4-7-22/h2-13,18,21H,14-17,19-20H2,1H3,(H,30,34). The van der Waals surface area contributed by atoms with Crippen molar-refractivity contribution in [2.75, 3.05) is 50.1 Å². The van der Waals surface area contributed by atoms with Gasteiger partial charge in [-0.2, -0.15) is 0 Å². The lowest BCUT2D eigenvalue weighted by Gasteiger charge is -2.34. The maximum absolute atomic E-state index is 12.6. The molecule has 0 unspecified atom stereocenters. The van der Waals surface area contributed by atoms with Crippen LogP contribution in [-0.2, 0) is 11.4 Å². The maximum atomic E-state index is 12.6. The molecule has 1 fully saturated rings. The van der Waals surface area contributed by atoms with Crippen LogP contribution >= 0.6 is 11.3 Å². The van der Waals surface area contributed by atoms with E-state index in [1.54, 1.807) is 18.4 Å². The third-order valence-corrected chi connectivity index (χ3v) is 7.16. The molecule has 1 N–H and O–H groups in total. The Bertz CT molecular complexity index is 1300. The Kier molecular flexibility index (Phi) is 7.98. The third-order valence-electron chi connectivity index (χ3n) is 6.25. The van der Waals surface area contributed by atoms with Gasteiger partial charge in [0.05, 0.1) is 19.3 Å². The number of hydrogen-bond donors (Lipinski definition) is 1. The molecule has 0 spiro atoms. The van der Waals surface area contributed by atoms with Gasteiger partial charge in [0.1, 0.15) is 18.1 Å². The number of carbonyl (C=O) groups excluding carboxylic acids is 1. The topological polar surface area (TPSA) is 66.9 Å². The van der Waals surface area contributed by atoms with Gasteiger partial charge in [0.15, 0.2) is 5.13 Å². The second-order valence-corrected chi connectivity index (χ2v) is 9.69. The molecule has 1 aliphatic rings. The molecular weight excluding hydrogens is 484 g/mol. The number of piperazine rings is 1. The Balaban J connectivity index is 1.07. The average Bonchev–Trinajstić information content (AvgIpc) is 3.44. The number of aromatic nitrogens is 1. The molecule has 0 bridgehead atoms. The van der Waals surface area contributed by atoms with E-state index in [9.17, 15) is 4.79 Å². The Morgan fingerprint density at radius 1 is 0.946 bits per heavy atom. The molecule has 4 aromatic rings. The lowest BCUT2D eigenvalue weighted by Crippen LogP contribution is -2.48. The normalized spacial score (nSPS) is 13.8. The highest BCUT2D eigenvalue weighted by Crippen LogP contribution is 2.30. The molecule has 5 rings (SSSR count). The number of methoxy groups -OCH3 is 1. The highest BCUT2D eigenvalue weighted by molar-refractivity contribution is 7.14. The summed E-state index contributed by atoms with van der Waals surface area (Å²) >= 11 is 1.65. The number of hydrogen-bond acceptors (Lipinski definition) is 7. The highest BCUT2D eigenvalue weighted by atomic mass is 32.1. The summed E-state index contributed by atoms with van der Waals surface area (Å²) < 4.78 is 11.2. The number of ether oxygens (including phenoxy) is 2. The molecule has 0 saturated carbocycles.